The second-order valence-corrected chi connectivity index (χ2v) is 8.92. The summed E-state index contributed by atoms with van der Waals surface area (Å²) in [4.78, 5) is 14.3. The molecule has 0 spiro atoms. The fourth-order valence-electron chi connectivity index (χ4n) is 3.40. The van der Waals surface area contributed by atoms with E-state index in [4.69, 9.17) is 9.47 Å². The summed E-state index contributed by atoms with van der Waals surface area (Å²) in [7, 11) is -3.73. The topological polar surface area (TPSA) is 76.2 Å². The molecule has 2 aliphatic heterocycles. The number of amides is 1. The maximum absolute atomic E-state index is 13.1. The van der Waals surface area contributed by atoms with Crippen molar-refractivity contribution in [2.45, 2.75) is 11.3 Å². The van der Waals surface area contributed by atoms with Gasteiger partial charge in [0, 0.05) is 32.3 Å². The minimum absolute atomic E-state index is 0.0476. The lowest BCUT2D eigenvalue weighted by Crippen LogP contribution is -2.36. The highest BCUT2D eigenvalue weighted by atomic mass is 32.2. The number of hydrogen-bond acceptors (Lipinski definition) is 5. The van der Waals surface area contributed by atoms with Crippen molar-refractivity contribution in [2.24, 2.45) is 0 Å². The number of benzene rings is 2. The predicted octanol–water partition coefficient (Wildman–Crippen LogP) is 2.49. The van der Waals surface area contributed by atoms with Crippen molar-refractivity contribution in [1.29, 1.82) is 0 Å². The second-order valence-electron chi connectivity index (χ2n) is 6.98. The highest BCUT2D eigenvalue weighted by Crippen LogP contribution is 2.32. The summed E-state index contributed by atoms with van der Waals surface area (Å²) >= 11 is 0. The molecular formula is C21H21FN2O5S. The molecule has 158 valence electrons. The van der Waals surface area contributed by atoms with Crippen molar-refractivity contribution in [2.75, 3.05) is 33.0 Å². The number of fused-ring (bicyclic) bond motifs is 1. The van der Waals surface area contributed by atoms with Gasteiger partial charge in [-0.25, -0.2) is 12.8 Å². The summed E-state index contributed by atoms with van der Waals surface area (Å²) < 4.78 is 50.6. The molecule has 7 nitrogen and oxygen atoms in total. The number of sulfonamides is 1. The van der Waals surface area contributed by atoms with Crippen LogP contribution in [0.5, 0.6) is 11.5 Å². The monoisotopic (exact) mass is 432 g/mol. The Balaban J connectivity index is 1.40. The van der Waals surface area contributed by atoms with Crippen molar-refractivity contribution in [3.05, 3.63) is 59.9 Å². The van der Waals surface area contributed by atoms with E-state index in [-0.39, 0.29) is 30.7 Å². The minimum Gasteiger partial charge on any atom is -0.454 e. The first-order valence-corrected chi connectivity index (χ1v) is 11.0. The molecular weight excluding hydrogens is 411 g/mol. The molecule has 0 atom stereocenters. The van der Waals surface area contributed by atoms with Crippen LogP contribution in [0.4, 0.5) is 4.39 Å². The van der Waals surface area contributed by atoms with Gasteiger partial charge in [-0.05, 0) is 54.5 Å². The van der Waals surface area contributed by atoms with Crippen LogP contribution in [0.25, 0.3) is 6.08 Å². The van der Waals surface area contributed by atoms with Crippen LogP contribution in [0.2, 0.25) is 0 Å². The number of hydrogen-bond donors (Lipinski definition) is 0. The smallest absolute Gasteiger partial charge is 0.246 e. The van der Waals surface area contributed by atoms with Gasteiger partial charge < -0.3 is 14.4 Å². The molecule has 4 rings (SSSR count). The number of ether oxygens (including phenoxy) is 2. The first-order chi connectivity index (χ1) is 14.4. The number of nitrogens with zero attached hydrogens (tertiary/aromatic N) is 2. The van der Waals surface area contributed by atoms with E-state index in [2.05, 4.69) is 0 Å². The lowest BCUT2D eigenvalue weighted by Gasteiger charge is -2.21. The first kappa shape index (κ1) is 20.4. The van der Waals surface area contributed by atoms with Gasteiger partial charge in [0.25, 0.3) is 0 Å². The van der Waals surface area contributed by atoms with E-state index in [0.29, 0.717) is 31.0 Å². The van der Waals surface area contributed by atoms with E-state index in [9.17, 15) is 17.6 Å². The number of rotatable bonds is 4. The third kappa shape index (κ3) is 4.31. The molecule has 0 aliphatic carbocycles. The van der Waals surface area contributed by atoms with E-state index in [1.807, 2.05) is 6.07 Å². The Hall–Kier alpha value is -2.91. The average molecular weight is 432 g/mol. The van der Waals surface area contributed by atoms with Crippen LogP contribution in [0.15, 0.2) is 53.4 Å². The average Bonchev–Trinajstić information content (AvgIpc) is 3.05. The van der Waals surface area contributed by atoms with Gasteiger partial charge in [-0.3, -0.25) is 4.79 Å². The lowest BCUT2D eigenvalue weighted by molar-refractivity contribution is -0.125. The molecule has 2 aromatic rings. The Kier molecular flexibility index (Phi) is 5.74. The van der Waals surface area contributed by atoms with Gasteiger partial charge in [0.2, 0.25) is 22.7 Å². The molecule has 1 amide bonds. The van der Waals surface area contributed by atoms with Crippen LogP contribution in [0.1, 0.15) is 12.0 Å². The number of carbonyl (C=O) groups excluding carboxylic acids is 1. The number of halogens is 1. The van der Waals surface area contributed by atoms with Gasteiger partial charge in [0.1, 0.15) is 5.82 Å². The van der Waals surface area contributed by atoms with Crippen molar-refractivity contribution < 1.29 is 27.1 Å². The fraction of sp³-hybridized carbons (Fsp3) is 0.286. The fourth-order valence-corrected chi connectivity index (χ4v) is 4.87. The molecule has 1 fully saturated rings. The largest absolute Gasteiger partial charge is 0.454 e. The van der Waals surface area contributed by atoms with Crippen LogP contribution >= 0.6 is 0 Å². The molecule has 2 heterocycles. The van der Waals surface area contributed by atoms with Crippen LogP contribution in [0.3, 0.4) is 0 Å². The van der Waals surface area contributed by atoms with Gasteiger partial charge in [-0.15, -0.1) is 0 Å². The normalized spacial score (nSPS) is 17.3. The summed E-state index contributed by atoms with van der Waals surface area (Å²) in [5.41, 5.74) is 0.808. The molecule has 0 radical (unpaired) electrons. The van der Waals surface area contributed by atoms with E-state index in [1.54, 1.807) is 23.1 Å². The quantitative estimate of drug-likeness (QED) is 0.694. The van der Waals surface area contributed by atoms with E-state index in [1.165, 1.54) is 22.5 Å². The van der Waals surface area contributed by atoms with E-state index in [0.717, 1.165) is 17.7 Å². The molecule has 30 heavy (non-hydrogen) atoms. The van der Waals surface area contributed by atoms with E-state index < -0.39 is 15.8 Å². The Labute approximate surface area is 174 Å². The zero-order valence-electron chi connectivity index (χ0n) is 16.2. The zero-order chi connectivity index (χ0) is 21.1. The van der Waals surface area contributed by atoms with Crippen molar-refractivity contribution in [1.82, 2.24) is 9.21 Å². The highest BCUT2D eigenvalue weighted by Gasteiger charge is 2.27. The van der Waals surface area contributed by atoms with Crippen LogP contribution in [-0.2, 0) is 14.8 Å². The van der Waals surface area contributed by atoms with Gasteiger partial charge >= 0.3 is 0 Å². The molecule has 2 aliphatic rings. The summed E-state index contributed by atoms with van der Waals surface area (Å²) in [5, 5.41) is 0. The lowest BCUT2D eigenvalue weighted by atomic mass is 10.2. The van der Waals surface area contributed by atoms with Crippen molar-refractivity contribution in [3.63, 3.8) is 0 Å². The predicted molar refractivity (Wildman–Crippen MR) is 108 cm³/mol. The Bertz CT molecular complexity index is 1070. The standard InChI is InChI=1S/C21H21FN2O5S/c22-17-4-6-18(7-5-17)30(26,27)24-11-1-10-23(12-13-24)21(25)9-3-16-2-8-19-20(14-16)29-15-28-19/h2-9,14H,1,10-13,15H2/b9-3+. The SMILES string of the molecule is O=C(/C=C/c1ccc2c(c1)OCO2)N1CCCN(S(=O)(=O)c2ccc(F)cc2)CC1. The second kappa shape index (κ2) is 8.45. The van der Waals surface area contributed by atoms with Crippen molar-refractivity contribution in [3.8, 4) is 11.5 Å². The third-order valence-corrected chi connectivity index (χ3v) is 6.95. The molecule has 2 aromatic carbocycles. The van der Waals surface area contributed by atoms with Gasteiger partial charge in [-0.1, -0.05) is 6.07 Å². The van der Waals surface area contributed by atoms with Gasteiger partial charge in [0.05, 0.1) is 4.90 Å². The van der Waals surface area contributed by atoms with Crippen molar-refractivity contribution >= 4 is 22.0 Å². The molecule has 9 heteroatoms. The Morgan fingerprint density at radius 1 is 0.967 bits per heavy atom. The Morgan fingerprint density at radius 2 is 1.73 bits per heavy atom. The molecule has 0 N–H and O–H groups in total. The summed E-state index contributed by atoms with van der Waals surface area (Å²) in [6.45, 7) is 1.41. The molecule has 0 unspecified atom stereocenters. The van der Waals surface area contributed by atoms with Gasteiger partial charge in [0.15, 0.2) is 11.5 Å². The van der Waals surface area contributed by atoms with Crippen LogP contribution in [0, 0.1) is 5.82 Å². The summed E-state index contributed by atoms with van der Waals surface area (Å²) in [6, 6.07) is 10.2. The zero-order valence-corrected chi connectivity index (χ0v) is 17.0. The molecule has 1 saturated heterocycles. The maximum atomic E-state index is 13.1. The first-order valence-electron chi connectivity index (χ1n) is 9.56. The van der Waals surface area contributed by atoms with Crippen LogP contribution in [-0.4, -0.2) is 56.5 Å². The molecule has 0 bridgehead atoms. The molecule has 0 saturated carbocycles. The summed E-state index contributed by atoms with van der Waals surface area (Å²) in [6.07, 6.45) is 3.69. The van der Waals surface area contributed by atoms with Crippen LogP contribution < -0.4 is 9.47 Å². The third-order valence-electron chi connectivity index (χ3n) is 5.03. The molecule has 0 aromatic heterocycles. The minimum atomic E-state index is -3.73. The maximum Gasteiger partial charge on any atom is 0.246 e. The summed E-state index contributed by atoms with van der Waals surface area (Å²) in [5.74, 6) is 0.638. The number of carbonyl (C=O) groups is 1. The van der Waals surface area contributed by atoms with Gasteiger partial charge in [-0.2, -0.15) is 4.31 Å². The van der Waals surface area contributed by atoms with E-state index >= 15 is 0 Å². The highest BCUT2D eigenvalue weighted by molar-refractivity contribution is 7.89. The Morgan fingerprint density at radius 3 is 2.53 bits per heavy atom.